The molecule has 1 aliphatic heterocycles. The Bertz CT molecular complexity index is 403. The minimum Gasteiger partial charge on any atom is -0.375 e. The molecule has 1 aliphatic rings. The number of anilines is 1. The molecule has 3 heteroatoms. The highest BCUT2D eigenvalue weighted by atomic mass is 16.5. The van der Waals surface area contributed by atoms with Crippen LogP contribution < -0.4 is 4.90 Å². The van der Waals surface area contributed by atoms with Gasteiger partial charge < -0.3 is 9.64 Å². The first-order valence-electron chi connectivity index (χ1n) is 6.17. The third-order valence-corrected chi connectivity index (χ3v) is 3.24. The molecule has 0 saturated carbocycles. The Morgan fingerprint density at radius 2 is 2.35 bits per heavy atom. The lowest BCUT2D eigenvalue weighted by atomic mass is 10.1. The molecule has 1 fully saturated rings. The van der Waals surface area contributed by atoms with E-state index in [4.69, 9.17) is 4.74 Å². The Balaban J connectivity index is 2.23. The third kappa shape index (κ3) is 2.67. The highest BCUT2D eigenvalue weighted by molar-refractivity contribution is 5.85. The van der Waals surface area contributed by atoms with Crippen LogP contribution in [0.4, 0.5) is 5.69 Å². The first-order valence-corrected chi connectivity index (χ1v) is 6.17. The van der Waals surface area contributed by atoms with Crippen molar-refractivity contribution in [3.8, 4) is 0 Å². The summed E-state index contributed by atoms with van der Waals surface area (Å²) < 4.78 is 5.65. The molecule has 0 aliphatic carbocycles. The minimum absolute atomic E-state index is 0.282. The minimum atomic E-state index is 0.282. The number of aldehydes is 1. The molecule has 0 spiro atoms. The molecule has 1 saturated heterocycles. The van der Waals surface area contributed by atoms with Gasteiger partial charge in [0.05, 0.1) is 12.7 Å². The predicted octanol–water partition coefficient (Wildman–Crippen LogP) is 2.42. The van der Waals surface area contributed by atoms with Gasteiger partial charge >= 0.3 is 0 Å². The first-order chi connectivity index (χ1) is 8.24. The van der Waals surface area contributed by atoms with Gasteiger partial charge in [-0.3, -0.25) is 4.79 Å². The zero-order valence-electron chi connectivity index (χ0n) is 10.5. The summed E-state index contributed by atoms with van der Waals surface area (Å²) in [4.78, 5) is 13.4. The summed E-state index contributed by atoms with van der Waals surface area (Å²) in [5, 5.41) is 0. The quantitative estimate of drug-likeness (QED) is 0.751. The van der Waals surface area contributed by atoms with Crippen LogP contribution in [0.5, 0.6) is 0 Å². The van der Waals surface area contributed by atoms with Gasteiger partial charge in [-0.15, -0.1) is 0 Å². The molecule has 0 bridgehead atoms. The largest absolute Gasteiger partial charge is 0.375 e. The molecule has 1 atom stereocenters. The second kappa shape index (κ2) is 5.32. The van der Waals surface area contributed by atoms with Crippen LogP contribution in [-0.4, -0.2) is 32.1 Å². The van der Waals surface area contributed by atoms with Crippen LogP contribution >= 0.6 is 0 Å². The van der Waals surface area contributed by atoms with Crippen LogP contribution in [0.3, 0.4) is 0 Å². The van der Waals surface area contributed by atoms with Crippen LogP contribution in [0.25, 0.3) is 0 Å². The lowest BCUT2D eigenvalue weighted by Gasteiger charge is -2.34. The van der Waals surface area contributed by atoms with Crippen molar-refractivity contribution in [2.45, 2.75) is 26.4 Å². The number of benzene rings is 1. The molecular formula is C14H19NO2. The van der Waals surface area contributed by atoms with Crippen LogP contribution in [-0.2, 0) is 4.74 Å². The smallest absolute Gasteiger partial charge is 0.152 e. The van der Waals surface area contributed by atoms with Gasteiger partial charge in [0, 0.05) is 24.3 Å². The van der Waals surface area contributed by atoms with Gasteiger partial charge in [0.1, 0.15) is 0 Å². The number of ether oxygens (including phenoxy) is 1. The van der Waals surface area contributed by atoms with E-state index in [0.717, 1.165) is 49.2 Å². The molecule has 0 aromatic heterocycles. The molecule has 0 N–H and O–H groups in total. The highest BCUT2D eigenvalue weighted by Crippen LogP contribution is 2.23. The molecular weight excluding hydrogens is 214 g/mol. The maximum absolute atomic E-state index is 11.1. The second-order valence-corrected chi connectivity index (χ2v) is 4.53. The summed E-state index contributed by atoms with van der Waals surface area (Å²) in [5.41, 5.74) is 2.94. The van der Waals surface area contributed by atoms with E-state index in [9.17, 15) is 4.79 Å². The molecule has 1 aromatic rings. The fourth-order valence-corrected chi connectivity index (χ4v) is 2.24. The summed E-state index contributed by atoms with van der Waals surface area (Å²) in [6.45, 7) is 6.61. The van der Waals surface area contributed by atoms with Crippen molar-refractivity contribution in [1.82, 2.24) is 0 Å². The van der Waals surface area contributed by atoms with E-state index < -0.39 is 0 Å². The van der Waals surface area contributed by atoms with Crippen LogP contribution in [0.2, 0.25) is 0 Å². The lowest BCUT2D eigenvalue weighted by molar-refractivity contribution is 0.0384. The van der Waals surface area contributed by atoms with E-state index in [1.54, 1.807) is 0 Å². The van der Waals surface area contributed by atoms with Crippen molar-refractivity contribution in [3.05, 3.63) is 29.3 Å². The summed E-state index contributed by atoms with van der Waals surface area (Å²) in [7, 11) is 0. The number of hydrogen-bond donors (Lipinski definition) is 0. The van der Waals surface area contributed by atoms with E-state index in [0.29, 0.717) is 0 Å². The number of aryl methyl sites for hydroxylation is 1. The van der Waals surface area contributed by atoms with E-state index in [-0.39, 0.29) is 6.10 Å². The summed E-state index contributed by atoms with van der Waals surface area (Å²) in [5.74, 6) is 0. The number of carbonyl (C=O) groups excluding carboxylic acids is 1. The van der Waals surface area contributed by atoms with Crippen molar-refractivity contribution < 1.29 is 9.53 Å². The standard InChI is InChI=1S/C14H19NO2/c1-3-13-9-15(6-7-17-13)14-5-4-11(2)8-12(14)10-16/h4-5,8,10,13H,3,6-7,9H2,1-2H3. The van der Waals surface area contributed by atoms with E-state index in [2.05, 4.69) is 17.9 Å². The normalized spacial score (nSPS) is 20.4. The Hall–Kier alpha value is -1.35. The number of rotatable bonds is 3. The van der Waals surface area contributed by atoms with E-state index in [1.807, 2.05) is 19.1 Å². The maximum Gasteiger partial charge on any atom is 0.152 e. The predicted molar refractivity (Wildman–Crippen MR) is 68.8 cm³/mol. The number of nitrogens with zero attached hydrogens (tertiary/aromatic N) is 1. The Labute approximate surface area is 102 Å². The molecule has 1 heterocycles. The van der Waals surface area contributed by atoms with Crippen molar-refractivity contribution in [2.75, 3.05) is 24.6 Å². The molecule has 3 nitrogen and oxygen atoms in total. The Morgan fingerprint density at radius 1 is 1.53 bits per heavy atom. The lowest BCUT2D eigenvalue weighted by Crippen LogP contribution is -2.42. The van der Waals surface area contributed by atoms with Gasteiger partial charge in [-0.1, -0.05) is 18.6 Å². The molecule has 1 unspecified atom stereocenters. The first kappa shape index (κ1) is 12.1. The average Bonchev–Trinajstić information content (AvgIpc) is 2.38. The number of morpholine rings is 1. The monoisotopic (exact) mass is 233 g/mol. The summed E-state index contributed by atoms with van der Waals surface area (Å²) >= 11 is 0. The van der Waals surface area contributed by atoms with Gasteiger partial charge in [0.25, 0.3) is 0 Å². The van der Waals surface area contributed by atoms with E-state index >= 15 is 0 Å². The van der Waals surface area contributed by atoms with Crippen LogP contribution in [0.1, 0.15) is 29.3 Å². The van der Waals surface area contributed by atoms with Gasteiger partial charge in [-0.05, 0) is 25.5 Å². The Morgan fingerprint density at radius 3 is 3.06 bits per heavy atom. The van der Waals surface area contributed by atoms with Crippen LogP contribution in [0.15, 0.2) is 18.2 Å². The average molecular weight is 233 g/mol. The summed E-state index contributed by atoms with van der Waals surface area (Å²) in [6, 6.07) is 6.04. The van der Waals surface area contributed by atoms with Crippen LogP contribution in [0, 0.1) is 6.92 Å². The topological polar surface area (TPSA) is 29.5 Å². The zero-order valence-corrected chi connectivity index (χ0v) is 10.5. The van der Waals surface area contributed by atoms with Crippen molar-refractivity contribution in [2.24, 2.45) is 0 Å². The maximum atomic E-state index is 11.1. The van der Waals surface area contributed by atoms with Gasteiger partial charge in [0.2, 0.25) is 0 Å². The van der Waals surface area contributed by atoms with Crippen molar-refractivity contribution in [1.29, 1.82) is 0 Å². The highest BCUT2D eigenvalue weighted by Gasteiger charge is 2.20. The Kier molecular flexibility index (Phi) is 3.79. The number of hydrogen-bond acceptors (Lipinski definition) is 3. The number of carbonyl (C=O) groups is 1. The molecule has 17 heavy (non-hydrogen) atoms. The zero-order chi connectivity index (χ0) is 12.3. The molecule has 92 valence electrons. The fourth-order valence-electron chi connectivity index (χ4n) is 2.24. The molecule has 0 amide bonds. The molecule has 1 aromatic carbocycles. The SMILES string of the molecule is CCC1CN(c2ccc(C)cc2C=O)CCO1. The second-order valence-electron chi connectivity index (χ2n) is 4.53. The third-order valence-electron chi connectivity index (χ3n) is 3.24. The fraction of sp³-hybridized carbons (Fsp3) is 0.500. The van der Waals surface area contributed by atoms with Gasteiger partial charge in [-0.2, -0.15) is 0 Å². The van der Waals surface area contributed by atoms with E-state index in [1.165, 1.54) is 0 Å². The molecule has 2 rings (SSSR count). The van der Waals surface area contributed by atoms with Gasteiger partial charge in [-0.25, -0.2) is 0 Å². The van der Waals surface area contributed by atoms with Gasteiger partial charge in [0.15, 0.2) is 6.29 Å². The summed E-state index contributed by atoms with van der Waals surface area (Å²) in [6.07, 6.45) is 2.24. The molecule has 0 radical (unpaired) electrons. The van der Waals surface area contributed by atoms with Crippen molar-refractivity contribution >= 4 is 12.0 Å². The van der Waals surface area contributed by atoms with Crippen molar-refractivity contribution in [3.63, 3.8) is 0 Å².